The molecule has 4 aromatic rings. The molecule has 0 aliphatic carbocycles. The molecule has 0 radical (unpaired) electrons. The van der Waals surface area contributed by atoms with Crippen LogP contribution in [0.4, 0.5) is 0 Å². The third-order valence-electron chi connectivity index (χ3n) is 4.19. The number of aromatic nitrogens is 4. The zero-order valence-corrected chi connectivity index (χ0v) is 14.0. The number of benzene rings is 1. The van der Waals surface area contributed by atoms with Crippen LogP contribution in [0.3, 0.4) is 0 Å². The summed E-state index contributed by atoms with van der Waals surface area (Å²) in [5.74, 6) is -0.224. The van der Waals surface area contributed by atoms with Gasteiger partial charge in [-0.05, 0) is 36.2 Å². The Hall–Kier alpha value is -3.54. The lowest BCUT2D eigenvalue weighted by Gasteiger charge is -2.18. The minimum absolute atomic E-state index is 0.224. The number of H-pyrrole nitrogens is 1. The highest BCUT2D eigenvalue weighted by Gasteiger charge is 2.21. The Bertz CT molecular complexity index is 1010. The van der Waals surface area contributed by atoms with Gasteiger partial charge in [-0.3, -0.25) is 14.9 Å². The first-order valence-corrected chi connectivity index (χ1v) is 8.36. The molecule has 0 spiro atoms. The van der Waals surface area contributed by atoms with Gasteiger partial charge in [0.1, 0.15) is 5.69 Å². The molecule has 0 saturated heterocycles. The first kappa shape index (κ1) is 16.0. The summed E-state index contributed by atoms with van der Waals surface area (Å²) in [7, 11) is 0. The highest BCUT2D eigenvalue weighted by Crippen LogP contribution is 2.24. The van der Waals surface area contributed by atoms with Crippen molar-refractivity contribution in [2.24, 2.45) is 0 Å². The average Bonchev–Trinajstić information content (AvgIpc) is 3.13. The molecule has 3 heterocycles. The van der Waals surface area contributed by atoms with Crippen LogP contribution in [-0.2, 0) is 6.42 Å². The molecule has 0 saturated carbocycles. The summed E-state index contributed by atoms with van der Waals surface area (Å²) < 4.78 is 0. The van der Waals surface area contributed by atoms with Gasteiger partial charge in [0.25, 0.3) is 5.91 Å². The number of carbonyl (C=O) groups is 1. The van der Waals surface area contributed by atoms with Gasteiger partial charge < -0.3 is 5.32 Å². The molecule has 1 unspecified atom stereocenters. The Kier molecular flexibility index (Phi) is 4.38. The van der Waals surface area contributed by atoms with Crippen LogP contribution in [0, 0.1) is 0 Å². The second-order valence-electron chi connectivity index (χ2n) is 5.94. The van der Waals surface area contributed by atoms with Gasteiger partial charge in [-0.1, -0.05) is 36.4 Å². The maximum Gasteiger partial charge on any atom is 0.270 e. The highest BCUT2D eigenvalue weighted by atomic mass is 16.1. The summed E-state index contributed by atoms with van der Waals surface area (Å²) in [5, 5.41) is 11.3. The van der Waals surface area contributed by atoms with Crippen molar-refractivity contribution in [3.05, 3.63) is 90.0 Å². The van der Waals surface area contributed by atoms with Crippen LogP contribution in [0.15, 0.2) is 73.1 Å². The number of carbonyl (C=O) groups excluding carboxylic acids is 1. The SMILES string of the molecule is O=C(NC(Cc1ccccc1)c1[nH]nc2ncccc12)c1ccccn1. The Balaban J connectivity index is 1.68. The molecule has 6 heteroatoms. The van der Waals surface area contributed by atoms with Crippen LogP contribution in [0.5, 0.6) is 0 Å². The van der Waals surface area contributed by atoms with E-state index in [2.05, 4.69) is 25.5 Å². The molecule has 0 aliphatic rings. The number of amides is 1. The quantitative estimate of drug-likeness (QED) is 0.583. The Morgan fingerprint density at radius 2 is 1.77 bits per heavy atom. The highest BCUT2D eigenvalue weighted by molar-refractivity contribution is 5.92. The standard InChI is InChI=1S/C20H17N5O/c26-20(16-10-4-5-11-21-16)23-17(13-14-7-2-1-3-8-14)18-15-9-6-12-22-19(15)25-24-18/h1-12,17H,13H2,(H,23,26)(H,22,24,25). The molecule has 0 aliphatic heterocycles. The molecule has 1 atom stereocenters. The zero-order chi connectivity index (χ0) is 17.8. The van der Waals surface area contributed by atoms with E-state index in [4.69, 9.17) is 0 Å². The van der Waals surface area contributed by atoms with Crippen LogP contribution in [-0.4, -0.2) is 26.1 Å². The molecule has 6 nitrogen and oxygen atoms in total. The third kappa shape index (κ3) is 3.30. The molecule has 3 aromatic heterocycles. The summed E-state index contributed by atoms with van der Waals surface area (Å²) in [5.41, 5.74) is 2.96. The van der Waals surface area contributed by atoms with Crippen molar-refractivity contribution in [2.75, 3.05) is 0 Å². The van der Waals surface area contributed by atoms with E-state index in [9.17, 15) is 4.79 Å². The molecular formula is C20H17N5O. The number of hydrogen-bond acceptors (Lipinski definition) is 4. The van der Waals surface area contributed by atoms with Crippen molar-refractivity contribution in [1.29, 1.82) is 0 Å². The molecule has 4 rings (SSSR count). The van der Waals surface area contributed by atoms with Crippen LogP contribution < -0.4 is 5.32 Å². The number of nitrogens with zero attached hydrogens (tertiary/aromatic N) is 3. The molecule has 2 N–H and O–H groups in total. The van der Waals surface area contributed by atoms with E-state index in [1.54, 1.807) is 30.6 Å². The van der Waals surface area contributed by atoms with Crippen LogP contribution >= 0.6 is 0 Å². The molecule has 0 bridgehead atoms. The van der Waals surface area contributed by atoms with Gasteiger partial charge in [0.15, 0.2) is 5.65 Å². The monoisotopic (exact) mass is 343 g/mol. The molecule has 1 amide bonds. The second kappa shape index (κ2) is 7.14. The Morgan fingerprint density at radius 3 is 2.58 bits per heavy atom. The fourth-order valence-electron chi connectivity index (χ4n) is 2.94. The smallest absolute Gasteiger partial charge is 0.270 e. The van der Waals surface area contributed by atoms with Crippen LogP contribution in [0.1, 0.15) is 27.8 Å². The summed E-state index contributed by atoms with van der Waals surface area (Å²) in [6.45, 7) is 0. The number of pyridine rings is 2. The molecular weight excluding hydrogens is 326 g/mol. The topological polar surface area (TPSA) is 83.6 Å². The summed E-state index contributed by atoms with van der Waals surface area (Å²) in [6, 6.07) is 18.8. The Labute approximate surface area is 150 Å². The summed E-state index contributed by atoms with van der Waals surface area (Å²) >= 11 is 0. The van der Waals surface area contributed by atoms with E-state index >= 15 is 0 Å². The van der Waals surface area contributed by atoms with Crippen molar-refractivity contribution < 1.29 is 4.79 Å². The lowest BCUT2D eigenvalue weighted by molar-refractivity contribution is 0.0931. The lowest BCUT2D eigenvalue weighted by atomic mass is 10.0. The number of rotatable bonds is 5. The summed E-state index contributed by atoms with van der Waals surface area (Å²) in [4.78, 5) is 21.0. The van der Waals surface area contributed by atoms with Gasteiger partial charge in [0.05, 0.1) is 11.7 Å². The number of hydrogen-bond donors (Lipinski definition) is 2. The lowest BCUT2D eigenvalue weighted by Crippen LogP contribution is -2.31. The fourth-order valence-corrected chi connectivity index (χ4v) is 2.94. The summed E-state index contributed by atoms with van der Waals surface area (Å²) in [6.07, 6.45) is 3.94. The third-order valence-corrected chi connectivity index (χ3v) is 4.19. The van der Waals surface area contributed by atoms with Crippen molar-refractivity contribution >= 4 is 16.9 Å². The van der Waals surface area contributed by atoms with Crippen molar-refractivity contribution in [3.8, 4) is 0 Å². The van der Waals surface area contributed by atoms with E-state index < -0.39 is 0 Å². The second-order valence-corrected chi connectivity index (χ2v) is 5.94. The minimum Gasteiger partial charge on any atom is -0.342 e. The van der Waals surface area contributed by atoms with Gasteiger partial charge in [-0.2, -0.15) is 5.10 Å². The Morgan fingerprint density at radius 1 is 0.962 bits per heavy atom. The van der Waals surface area contributed by atoms with Gasteiger partial charge in [0, 0.05) is 17.8 Å². The van der Waals surface area contributed by atoms with Crippen molar-refractivity contribution in [2.45, 2.75) is 12.5 Å². The minimum atomic E-state index is -0.277. The van der Waals surface area contributed by atoms with Gasteiger partial charge in [-0.15, -0.1) is 0 Å². The predicted molar refractivity (Wildman–Crippen MR) is 98.5 cm³/mol. The van der Waals surface area contributed by atoms with Crippen LogP contribution in [0.2, 0.25) is 0 Å². The van der Waals surface area contributed by atoms with E-state index in [0.717, 1.165) is 16.6 Å². The maximum absolute atomic E-state index is 12.7. The molecule has 0 fully saturated rings. The normalized spacial score (nSPS) is 12.0. The van der Waals surface area contributed by atoms with Gasteiger partial charge in [0.2, 0.25) is 0 Å². The first-order chi connectivity index (χ1) is 12.8. The van der Waals surface area contributed by atoms with Gasteiger partial charge in [-0.25, -0.2) is 4.98 Å². The maximum atomic E-state index is 12.7. The molecule has 128 valence electrons. The predicted octanol–water partition coefficient (Wildman–Crippen LogP) is 3.07. The van der Waals surface area contributed by atoms with Crippen LogP contribution in [0.25, 0.3) is 11.0 Å². The fraction of sp³-hybridized carbons (Fsp3) is 0.100. The van der Waals surface area contributed by atoms with Crippen molar-refractivity contribution in [3.63, 3.8) is 0 Å². The van der Waals surface area contributed by atoms with Crippen molar-refractivity contribution in [1.82, 2.24) is 25.5 Å². The molecule has 1 aromatic carbocycles. The number of fused-ring (bicyclic) bond motifs is 1. The number of nitrogens with one attached hydrogen (secondary N) is 2. The zero-order valence-electron chi connectivity index (χ0n) is 14.0. The van der Waals surface area contributed by atoms with E-state index in [0.29, 0.717) is 17.8 Å². The molecule has 26 heavy (non-hydrogen) atoms. The van der Waals surface area contributed by atoms with E-state index in [1.807, 2.05) is 42.5 Å². The first-order valence-electron chi connectivity index (χ1n) is 8.36. The number of aromatic amines is 1. The van der Waals surface area contributed by atoms with E-state index in [1.165, 1.54) is 0 Å². The average molecular weight is 343 g/mol. The largest absolute Gasteiger partial charge is 0.342 e. The van der Waals surface area contributed by atoms with E-state index in [-0.39, 0.29) is 11.9 Å². The van der Waals surface area contributed by atoms with Gasteiger partial charge >= 0.3 is 0 Å².